The van der Waals surface area contributed by atoms with Gasteiger partial charge in [0.2, 0.25) is 0 Å². The highest BCUT2D eigenvalue weighted by Gasteiger charge is 2.04. The molecule has 0 aromatic heterocycles. The van der Waals surface area contributed by atoms with Gasteiger partial charge in [-0.05, 0) is 43.3 Å². The predicted molar refractivity (Wildman–Crippen MR) is 95.4 cm³/mol. The molecular weight excluding hydrogens is 360 g/mol. The first-order valence-corrected chi connectivity index (χ1v) is 8.33. The largest absolute Gasteiger partial charge is 0.371 e. The topological polar surface area (TPSA) is 71.1 Å². The van der Waals surface area contributed by atoms with Gasteiger partial charge in [-0.1, -0.05) is 15.9 Å². The molecule has 0 fully saturated rings. The minimum absolute atomic E-state index is 0.0414. The predicted octanol–water partition coefficient (Wildman–Crippen LogP) is 5.23. The summed E-state index contributed by atoms with van der Waals surface area (Å²) in [4.78, 5) is 12.4. The summed E-state index contributed by atoms with van der Waals surface area (Å²) in [6.45, 7) is 4.00. The van der Waals surface area contributed by atoms with Gasteiger partial charge in [0.25, 0.3) is 5.69 Å². The van der Waals surface area contributed by atoms with Crippen molar-refractivity contribution in [1.29, 1.82) is 0 Å². The van der Waals surface area contributed by atoms with Crippen LogP contribution in [-0.4, -0.2) is 23.3 Å². The van der Waals surface area contributed by atoms with Crippen molar-refractivity contribution in [3.05, 3.63) is 58.6 Å². The molecule has 23 heavy (non-hydrogen) atoms. The highest BCUT2D eigenvalue weighted by atomic mass is 79.9. The third-order valence-corrected chi connectivity index (χ3v) is 3.65. The molecule has 0 radical (unpaired) electrons. The molecule has 0 saturated carbocycles. The second-order valence-corrected chi connectivity index (χ2v) is 5.55. The van der Waals surface area contributed by atoms with Gasteiger partial charge in [-0.3, -0.25) is 10.1 Å². The van der Waals surface area contributed by atoms with E-state index in [1.165, 1.54) is 12.1 Å². The van der Waals surface area contributed by atoms with E-state index >= 15 is 0 Å². The average molecular weight is 377 g/mol. The lowest BCUT2D eigenvalue weighted by Gasteiger charge is -2.21. The smallest absolute Gasteiger partial charge is 0.269 e. The molecule has 2 aromatic carbocycles. The highest BCUT2D eigenvalue weighted by molar-refractivity contribution is 9.09. The Morgan fingerprint density at radius 3 is 2.00 bits per heavy atom. The molecule has 6 nitrogen and oxygen atoms in total. The zero-order chi connectivity index (χ0) is 16.7. The molecule has 0 saturated heterocycles. The molecule has 0 unspecified atom stereocenters. The third-order valence-electron chi connectivity index (χ3n) is 3.29. The van der Waals surface area contributed by atoms with Crippen LogP contribution in [0.2, 0.25) is 0 Å². The number of nitro benzene ring substituents is 1. The van der Waals surface area contributed by atoms with Gasteiger partial charge in [-0.15, -0.1) is 0 Å². The van der Waals surface area contributed by atoms with Crippen molar-refractivity contribution in [2.24, 2.45) is 10.2 Å². The Kier molecular flexibility index (Phi) is 6.22. The maximum Gasteiger partial charge on any atom is 0.269 e. The Morgan fingerprint density at radius 1 is 1.04 bits per heavy atom. The fourth-order valence-corrected chi connectivity index (χ4v) is 2.49. The molecule has 7 heteroatoms. The van der Waals surface area contributed by atoms with E-state index < -0.39 is 4.92 Å². The minimum atomic E-state index is -0.438. The van der Waals surface area contributed by atoms with Crippen LogP contribution >= 0.6 is 15.9 Å². The number of benzene rings is 2. The minimum Gasteiger partial charge on any atom is -0.371 e. The number of nitrogens with zero attached hydrogens (tertiary/aromatic N) is 4. The van der Waals surface area contributed by atoms with Gasteiger partial charge in [-0.2, -0.15) is 10.2 Å². The Hall–Kier alpha value is -2.28. The SMILES string of the molecule is CCN(CCBr)c1ccc(N=Nc2ccc([N+](=O)[O-])cc2)cc1. The van der Waals surface area contributed by atoms with E-state index in [0.29, 0.717) is 5.69 Å². The van der Waals surface area contributed by atoms with Crippen LogP contribution in [0.5, 0.6) is 0 Å². The first kappa shape index (κ1) is 17.1. The molecule has 0 amide bonds. The number of halogens is 1. The molecule has 120 valence electrons. The zero-order valence-electron chi connectivity index (χ0n) is 12.7. The van der Waals surface area contributed by atoms with Gasteiger partial charge in [-0.25, -0.2) is 0 Å². The van der Waals surface area contributed by atoms with Crippen LogP contribution in [0, 0.1) is 10.1 Å². The Morgan fingerprint density at radius 2 is 1.57 bits per heavy atom. The van der Waals surface area contributed by atoms with Crippen molar-refractivity contribution in [2.75, 3.05) is 23.3 Å². The lowest BCUT2D eigenvalue weighted by Crippen LogP contribution is -2.24. The number of azo groups is 1. The van der Waals surface area contributed by atoms with E-state index in [9.17, 15) is 10.1 Å². The van der Waals surface area contributed by atoms with Crippen LogP contribution in [-0.2, 0) is 0 Å². The molecule has 0 aliphatic heterocycles. The van der Waals surface area contributed by atoms with Crippen molar-refractivity contribution in [3.63, 3.8) is 0 Å². The molecule has 2 rings (SSSR count). The number of nitro groups is 1. The zero-order valence-corrected chi connectivity index (χ0v) is 14.3. The van der Waals surface area contributed by atoms with Crippen LogP contribution in [0.4, 0.5) is 22.7 Å². The normalized spacial score (nSPS) is 10.9. The maximum absolute atomic E-state index is 10.6. The number of anilines is 1. The fraction of sp³-hybridized carbons (Fsp3) is 0.250. The second kappa shape index (κ2) is 8.38. The van der Waals surface area contributed by atoms with Crippen molar-refractivity contribution in [2.45, 2.75) is 6.92 Å². The van der Waals surface area contributed by atoms with Gasteiger partial charge < -0.3 is 4.90 Å². The fourth-order valence-electron chi connectivity index (χ4n) is 2.06. The van der Waals surface area contributed by atoms with Gasteiger partial charge in [0.05, 0.1) is 16.3 Å². The molecule has 0 N–H and O–H groups in total. The van der Waals surface area contributed by atoms with Crippen LogP contribution in [0.15, 0.2) is 58.8 Å². The molecule has 0 bridgehead atoms. The van der Waals surface area contributed by atoms with Crippen molar-refractivity contribution in [1.82, 2.24) is 0 Å². The average Bonchev–Trinajstić information content (AvgIpc) is 2.59. The number of hydrogen-bond acceptors (Lipinski definition) is 5. The first-order chi connectivity index (χ1) is 11.1. The van der Waals surface area contributed by atoms with E-state index in [2.05, 4.69) is 38.0 Å². The molecule has 0 heterocycles. The number of rotatable bonds is 7. The maximum atomic E-state index is 10.6. The molecule has 0 aliphatic rings. The summed E-state index contributed by atoms with van der Waals surface area (Å²) >= 11 is 3.45. The summed E-state index contributed by atoms with van der Waals surface area (Å²) in [6.07, 6.45) is 0. The van der Waals surface area contributed by atoms with Crippen LogP contribution in [0.3, 0.4) is 0 Å². The standard InChI is InChI=1S/C16H17BrN4O2/c1-2-20(12-11-17)15-7-3-13(4-8-15)18-19-14-5-9-16(10-6-14)21(22)23/h3-10H,2,11-12H2,1H3. The summed E-state index contributed by atoms with van der Waals surface area (Å²) in [5.41, 5.74) is 2.50. The van der Waals surface area contributed by atoms with Gasteiger partial charge >= 0.3 is 0 Å². The van der Waals surface area contributed by atoms with Crippen LogP contribution in [0.25, 0.3) is 0 Å². The van der Waals surface area contributed by atoms with Crippen LogP contribution in [0.1, 0.15) is 6.92 Å². The summed E-state index contributed by atoms with van der Waals surface area (Å²) < 4.78 is 0. The molecule has 0 atom stereocenters. The van der Waals surface area contributed by atoms with Crippen LogP contribution < -0.4 is 4.90 Å². The first-order valence-electron chi connectivity index (χ1n) is 7.21. The summed E-state index contributed by atoms with van der Waals surface area (Å²) in [5, 5.41) is 19.8. The highest BCUT2D eigenvalue weighted by Crippen LogP contribution is 2.23. The Labute approximate surface area is 143 Å². The second-order valence-electron chi connectivity index (χ2n) is 4.76. The lowest BCUT2D eigenvalue weighted by molar-refractivity contribution is -0.384. The van der Waals surface area contributed by atoms with E-state index in [4.69, 9.17) is 0 Å². The molecule has 0 spiro atoms. The van der Waals surface area contributed by atoms with Gasteiger partial charge in [0, 0.05) is 36.2 Å². The van der Waals surface area contributed by atoms with Gasteiger partial charge in [0.15, 0.2) is 0 Å². The summed E-state index contributed by atoms with van der Waals surface area (Å²) in [7, 11) is 0. The monoisotopic (exact) mass is 376 g/mol. The van der Waals surface area contributed by atoms with E-state index in [-0.39, 0.29) is 5.69 Å². The Bertz CT molecular complexity index is 671. The van der Waals surface area contributed by atoms with Crippen molar-refractivity contribution >= 4 is 38.7 Å². The molecule has 0 aliphatic carbocycles. The summed E-state index contributed by atoms with van der Waals surface area (Å²) in [5.74, 6) is 0. The van der Waals surface area contributed by atoms with Crippen molar-refractivity contribution < 1.29 is 4.92 Å². The molecule has 2 aromatic rings. The third kappa shape index (κ3) is 4.85. The van der Waals surface area contributed by atoms with Gasteiger partial charge in [0.1, 0.15) is 0 Å². The lowest BCUT2D eigenvalue weighted by atomic mass is 10.2. The Balaban J connectivity index is 2.06. The number of hydrogen-bond donors (Lipinski definition) is 0. The van der Waals surface area contributed by atoms with E-state index in [1.54, 1.807) is 12.1 Å². The quantitative estimate of drug-likeness (QED) is 0.287. The molecular formula is C16H17BrN4O2. The van der Waals surface area contributed by atoms with Crippen molar-refractivity contribution in [3.8, 4) is 0 Å². The number of alkyl halides is 1. The summed E-state index contributed by atoms with van der Waals surface area (Å²) in [6, 6.07) is 13.8. The van der Waals surface area contributed by atoms with E-state index in [1.807, 2.05) is 24.3 Å². The van der Waals surface area contributed by atoms with E-state index in [0.717, 1.165) is 29.8 Å². The number of non-ortho nitro benzene ring substituents is 1.